The van der Waals surface area contributed by atoms with Gasteiger partial charge in [0.25, 0.3) is 11.8 Å². The topological polar surface area (TPSA) is 88.4 Å². The van der Waals surface area contributed by atoms with Crippen molar-refractivity contribution in [1.29, 1.82) is 0 Å². The summed E-state index contributed by atoms with van der Waals surface area (Å²) in [5.41, 5.74) is 1.76. The Hall–Kier alpha value is -3.22. The lowest BCUT2D eigenvalue weighted by atomic mass is 9.95. The monoisotopic (exact) mass is 377 g/mol. The average molecular weight is 377 g/mol. The van der Waals surface area contributed by atoms with Crippen LogP contribution < -0.4 is 10.6 Å². The second kappa shape index (κ2) is 8.21. The molecule has 28 heavy (non-hydrogen) atoms. The number of fused-ring (bicyclic) bond motifs is 1. The molecule has 3 heterocycles. The highest BCUT2D eigenvalue weighted by Crippen LogP contribution is 2.19. The second-order valence-corrected chi connectivity index (χ2v) is 7.09. The molecule has 0 unspecified atom stereocenters. The molecule has 1 fully saturated rings. The van der Waals surface area contributed by atoms with Crippen molar-refractivity contribution in [1.82, 2.24) is 25.0 Å². The predicted octanol–water partition coefficient (Wildman–Crippen LogP) is 2.72. The molecule has 3 aromatic rings. The summed E-state index contributed by atoms with van der Waals surface area (Å²) in [6.45, 7) is 0.349. The van der Waals surface area contributed by atoms with Crippen molar-refractivity contribution in [3.05, 3.63) is 66.0 Å². The van der Waals surface area contributed by atoms with E-state index < -0.39 is 0 Å². The van der Waals surface area contributed by atoms with Gasteiger partial charge in [0.15, 0.2) is 5.69 Å². The lowest BCUT2D eigenvalue weighted by Crippen LogP contribution is -2.37. The summed E-state index contributed by atoms with van der Waals surface area (Å²) in [6, 6.07) is 9.34. The number of hydrogen-bond donors (Lipinski definition) is 2. The van der Waals surface area contributed by atoms with Crippen LogP contribution in [0, 0.1) is 0 Å². The van der Waals surface area contributed by atoms with Crippen molar-refractivity contribution in [3.8, 4) is 0 Å². The van der Waals surface area contributed by atoms with Crippen LogP contribution in [-0.2, 0) is 6.54 Å². The van der Waals surface area contributed by atoms with Crippen LogP contribution in [0.3, 0.4) is 0 Å². The summed E-state index contributed by atoms with van der Waals surface area (Å²) in [5, 5.41) is 5.93. The first-order chi connectivity index (χ1) is 13.7. The van der Waals surface area contributed by atoms with Gasteiger partial charge < -0.3 is 10.6 Å². The van der Waals surface area contributed by atoms with Gasteiger partial charge in [0.05, 0.1) is 5.52 Å². The molecule has 0 aromatic carbocycles. The van der Waals surface area contributed by atoms with Crippen molar-refractivity contribution in [2.24, 2.45) is 0 Å². The molecule has 0 radical (unpaired) electrons. The van der Waals surface area contributed by atoms with Gasteiger partial charge in [0.2, 0.25) is 5.82 Å². The van der Waals surface area contributed by atoms with Crippen LogP contribution in [0.15, 0.2) is 48.9 Å². The lowest BCUT2D eigenvalue weighted by molar-refractivity contribution is 0.0916. The van der Waals surface area contributed by atoms with Crippen LogP contribution in [0.5, 0.6) is 0 Å². The Labute approximate surface area is 163 Å². The largest absolute Gasteiger partial charge is 0.347 e. The Morgan fingerprint density at radius 1 is 1.07 bits per heavy atom. The third-order valence-electron chi connectivity index (χ3n) is 5.08. The maximum Gasteiger partial charge on any atom is 0.287 e. The Morgan fingerprint density at radius 3 is 2.71 bits per heavy atom. The Bertz CT molecular complexity index is 977. The van der Waals surface area contributed by atoms with Gasteiger partial charge in [-0.15, -0.1) is 0 Å². The lowest BCUT2D eigenvalue weighted by Gasteiger charge is -2.22. The first kappa shape index (κ1) is 18.2. The molecule has 0 bridgehead atoms. The fourth-order valence-corrected chi connectivity index (χ4v) is 3.63. The molecule has 0 spiro atoms. The van der Waals surface area contributed by atoms with E-state index in [1.54, 1.807) is 29.1 Å². The second-order valence-electron chi connectivity index (χ2n) is 7.09. The smallest absolute Gasteiger partial charge is 0.287 e. The molecule has 4 rings (SSSR count). The average Bonchev–Trinajstić information content (AvgIpc) is 3.13. The third-order valence-corrected chi connectivity index (χ3v) is 5.08. The maximum absolute atomic E-state index is 12.8. The summed E-state index contributed by atoms with van der Waals surface area (Å²) < 4.78 is 1.68. The number of amides is 2. The molecule has 7 heteroatoms. The van der Waals surface area contributed by atoms with Crippen molar-refractivity contribution in [3.63, 3.8) is 0 Å². The summed E-state index contributed by atoms with van der Waals surface area (Å²) in [5.74, 6) is -0.309. The Morgan fingerprint density at radius 2 is 1.93 bits per heavy atom. The number of aromatic nitrogens is 3. The molecule has 1 saturated carbocycles. The highest BCUT2D eigenvalue weighted by atomic mass is 16.2. The van der Waals surface area contributed by atoms with Gasteiger partial charge in [-0.25, -0.2) is 4.98 Å². The van der Waals surface area contributed by atoms with Crippen LogP contribution in [0.2, 0.25) is 0 Å². The van der Waals surface area contributed by atoms with Gasteiger partial charge in [-0.05, 0) is 36.6 Å². The molecule has 3 aromatic heterocycles. The number of hydrogen-bond acceptors (Lipinski definition) is 4. The molecule has 1 aliphatic rings. The number of nitrogens with one attached hydrogen (secondary N) is 2. The predicted molar refractivity (Wildman–Crippen MR) is 105 cm³/mol. The van der Waals surface area contributed by atoms with Gasteiger partial charge >= 0.3 is 0 Å². The molecule has 0 atom stereocenters. The molecule has 2 amide bonds. The van der Waals surface area contributed by atoms with Crippen LogP contribution in [0.1, 0.15) is 58.8 Å². The van der Waals surface area contributed by atoms with E-state index >= 15 is 0 Å². The summed E-state index contributed by atoms with van der Waals surface area (Å²) >= 11 is 0. The number of imidazole rings is 1. The number of rotatable bonds is 5. The zero-order valence-electron chi connectivity index (χ0n) is 15.6. The SMILES string of the molecule is O=C(NCc1cccnc1)c1nc(C(=O)NC2CCCCC2)n2ccccc12. The van der Waals surface area contributed by atoms with E-state index in [-0.39, 0.29) is 29.4 Å². The minimum atomic E-state index is -0.315. The molecule has 1 aliphatic carbocycles. The zero-order valence-corrected chi connectivity index (χ0v) is 15.6. The van der Waals surface area contributed by atoms with Gasteiger partial charge in [-0.1, -0.05) is 31.4 Å². The van der Waals surface area contributed by atoms with Gasteiger partial charge in [-0.2, -0.15) is 0 Å². The van der Waals surface area contributed by atoms with Crippen LogP contribution in [-0.4, -0.2) is 32.2 Å². The van der Waals surface area contributed by atoms with Crippen LogP contribution in [0.4, 0.5) is 0 Å². The highest BCUT2D eigenvalue weighted by molar-refractivity contribution is 6.02. The van der Waals surface area contributed by atoms with E-state index in [0.29, 0.717) is 12.1 Å². The van der Waals surface area contributed by atoms with E-state index in [1.165, 1.54) is 6.42 Å². The molecular weight excluding hydrogens is 354 g/mol. The zero-order chi connectivity index (χ0) is 19.3. The first-order valence-corrected chi connectivity index (χ1v) is 9.67. The van der Waals surface area contributed by atoms with Gasteiger partial charge in [0.1, 0.15) is 0 Å². The number of carbonyl (C=O) groups excluding carboxylic acids is 2. The fraction of sp³-hybridized carbons (Fsp3) is 0.333. The van der Waals surface area contributed by atoms with E-state index in [9.17, 15) is 9.59 Å². The van der Waals surface area contributed by atoms with Crippen LogP contribution >= 0.6 is 0 Å². The normalized spacial score (nSPS) is 14.7. The summed E-state index contributed by atoms with van der Waals surface area (Å²) in [6.07, 6.45) is 10.6. The standard InChI is InChI=1S/C21H23N5O2/c27-20(23-14-15-7-6-11-22-13-15)18-17-10-4-5-12-26(17)19(25-18)21(28)24-16-8-2-1-3-9-16/h4-7,10-13,16H,1-3,8-9,14H2,(H,23,27)(H,24,28). The minimum Gasteiger partial charge on any atom is -0.347 e. The summed E-state index contributed by atoms with van der Waals surface area (Å²) in [7, 11) is 0. The first-order valence-electron chi connectivity index (χ1n) is 9.67. The Kier molecular flexibility index (Phi) is 5.32. The molecular formula is C21H23N5O2. The van der Waals surface area contributed by atoms with E-state index in [4.69, 9.17) is 0 Å². The van der Waals surface area contributed by atoms with E-state index in [2.05, 4.69) is 20.6 Å². The van der Waals surface area contributed by atoms with Gasteiger partial charge in [0, 0.05) is 31.2 Å². The van der Waals surface area contributed by atoms with Crippen molar-refractivity contribution in [2.75, 3.05) is 0 Å². The van der Waals surface area contributed by atoms with E-state index in [1.807, 2.05) is 24.3 Å². The Balaban J connectivity index is 1.55. The minimum absolute atomic E-state index is 0.181. The quantitative estimate of drug-likeness (QED) is 0.716. The number of nitrogens with zero attached hydrogens (tertiary/aromatic N) is 3. The van der Waals surface area contributed by atoms with Gasteiger partial charge in [-0.3, -0.25) is 19.0 Å². The van der Waals surface area contributed by atoms with Crippen molar-refractivity contribution < 1.29 is 9.59 Å². The third kappa shape index (κ3) is 3.88. The molecule has 0 aliphatic heterocycles. The van der Waals surface area contributed by atoms with Crippen LogP contribution in [0.25, 0.3) is 5.52 Å². The van der Waals surface area contributed by atoms with E-state index in [0.717, 1.165) is 31.2 Å². The van der Waals surface area contributed by atoms with Crippen molar-refractivity contribution >= 4 is 17.3 Å². The molecule has 7 nitrogen and oxygen atoms in total. The molecule has 0 saturated heterocycles. The number of carbonyl (C=O) groups is 2. The van der Waals surface area contributed by atoms with Crippen molar-refractivity contribution in [2.45, 2.75) is 44.7 Å². The molecule has 2 N–H and O–H groups in total. The highest BCUT2D eigenvalue weighted by Gasteiger charge is 2.23. The number of pyridine rings is 2. The summed E-state index contributed by atoms with van der Waals surface area (Å²) in [4.78, 5) is 34.0. The fourth-order valence-electron chi connectivity index (χ4n) is 3.63. The maximum atomic E-state index is 12.8. The molecule has 144 valence electrons.